The van der Waals surface area contributed by atoms with Crippen molar-refractivity contribution >= 4 is 12.3 Å². The maximum absolute atomic E-state index is 11.3. The van der Waals surface area contributed by atoms with Gasteiger partial charge in [-0.25, -0.2) is 0 Å². The summed E-state index contributed by atoms with van der Waals surface area (Å²) in [5.41, 5.74) is 0. The summed E-state index contributed by atoms with van der Waals surface area (Å²) < 4.78 is 4.73. The van der Waals surface area contributed by atoms with Gasteiger partial charge >= 0.3 is 5.97 Å². The fourth-order valence-electron chi connectivity index (χ4n) is 1.32. The number of carbonyl (C=O) groups excluding carboxylic acids is 2. The number of nitrogens with one attached hydrogen (secondary N) is 1. The van der Waals surface area contributed by atoms with Crippen molar-refractivity contribution in [2.24, 2.45) is 11.8 Å². The van der Waals surface area contributed by atoms with Crippen LogP contribution in [0.2, 0.25) is 0 Å². The summed E-state index contributed by atoms with van der Waals surface area (Å²) in [6.07, 6.45) is 5.71. The van der Waals surface area contributed by atoms with E-state index in [2.05, 4.69) is 11.2 Å². The summed E-state index contributed by atoms with van der Waals surface area (Å²) >= 11 is 0. The predicted molar refractivity (Wildman–Crippen MR) is 45.7 cm³/mol. The van der Waals surface area contributed by atoms with Gasteiger partial charge in [0.1, 0.15) is 6.29 Å². The molecule has 13 heavy (non-hydrogen) atoms. The molecule has 2 atom stereocenters. The quantitative estimate of drug-likeness (QED) is 0.352. The zero-order chi connectivity index (χ0) is 9.68. The molecule has 1 rings (SSSR count). The van der Waals surface area contributed by atoms with Crippen molar-refractivity contribution in [3.63, 3.8) is 0 Å². The molecule has 1 heterocycles. The van der Waals surface area contributed by atoms with Crippen LogP contribution in [0.3, 0.4) is 0 Å². The largest absolute Gasteiger partial charge is 0.452 e. The molecule has 2 unspecified atom stereocenters. The van der Waals surface area contributed by atoms with Gasteiger partial charge in [-0.05, 0) is 0 Å². The van der Waals surface area contributed by atoms with E-state index < -0.39 is 0 Å². The van der Waals surface area contributed by atoms with Crippen molar-refractivity contribution in [1.82, 2.24) is 5.32 Å². The fraction of sp³-hybridized carbons (Fsp3) is 0.556. The molecule has 1 saturated heterocycles. The minimum absolute atomic E-state index is 0.0269. The summed E-state index contributed by atoms with van der Waals surface area (Å²) in [5.74, 6) is 1.17. The van der Waals surface area contributed by atoms with Gasteiger partial charge in [-0.15, -0.1) is 6.42 Å². The van der Waals surface area contributed by atoms with E-state index >= 15 is 0 Å². The predicted octanol–water partition coefficient (Wildman–Crippen LogP) is -0.803. The maximum Gasteiger partial charge on any atom is 0.311 e. The van der Waals surface area contributed by atoms with Crippen LogP contribution in [0.5, 0.6) is 0 Å². The molecule has 0 spiro atoms. The van der Waals surface area contributed by atoms with Crippen LogP contribution in [0.1, 0.15) is 0 Å². The Balaban J connectivity index is 2.46. The van der Waals surface area contributed by atoms with Gasteiger partial charge in [-0.3, -0.25) is 4.79 Å². The zero-order valence-corrected chi connectivity index (χ0v) is 7.16. The van der Waals surface area contributed by atoms with Crippen LogP contribution < -0.4 is 5.32 Å². The minimum Gasteiger partial charge on any atom is -0.452 e. The second-order valence-corrected chi connectivity index (χ2v) is 2.88. The average molecular weight is 181 g/mol. The maximum atomic E-state index is 11.3. The Morgan fingerprint density at radius 3 is 3.08 bits per heavy atom. The Hall–Kier alpha value is -1.34. The Kier molecular flexibility index (Phi) is 3.47. The third kappa shape index (κ3) is 2.30. The molecule has 1 aliphatic rings. The van der Waals surface area contributed by atoms with Crippen molar-refractivity contribution in [3.05, 3.63) is 0 Å². The van der Waals surface area contributed by atoms with Gasteiger partial charge in [0.25, 0.3) is 0 Å². The standard InChI is InChI=1S/C9H11NO3/c1-2-3-13-9(12)8-5-10-4-7(8)6-11/h1,6-8,10H,3-5H2. The minimum atomic E-state index is -0.389. The highest BCUT2D eigenvalue weighted by molar-refractivity contribution is 5.78. The molecule has 0 aromatic heterocycles. The first-order valence-corrected chi connectivity index (χ1v) is 4.05. The first-order chi connectivity index (χ1) is 6.29. The van der Waals surface area contributed by atoms with Crippen LogP contribution in [0.15, 0.2) is 0 Å². The van der Waals surface area contributed by atoms with Gasteiger partial charge in [0.2, 0.25) is 0 Å². The van der Waals surface area contributed by atoms with Crippen LogP contribution in [-0.4, -0.2) is 32.0 Å². The molecule has 4 heteroatoms. The van der Waals surface area contributed by atoms with Crippen LogP contribution in [-0.2, 0) is 14.3 Å². The molecule has 0 amide bonds. The molecule has 0 radical (unpaired) electrons. The van der Waals surface area contributed by atoms with Crippen LogP contribution in [0, 0.1) is 24.2 Å². The van der Waals surface area contributed by atoms with E-state index in [1.54, 1.807) is 0 Å². The van der Waals surface area contributed by atoms with Crippen molar-refractivity contribution in [1.29, 1.82) is 0 Å². The summed E-state index contributed by atoms with van der Waals surface area (Å²) in [5, 5.41) is 2.95. The van der Waals surface area contributed by atoms with Gasteiger partial charge < -0.3 is 14.8 Å². The molecule has 0 bridgehead atoms. The lowest BCUT2D eigenvalue weighted by Gasteiger charge is -2.10. The summed E-state index contributed by atoms with van der Waals surface area (Å²) in [6.45, 7) is 1.01. The highest BCUT2D eigenvalue weighted by Crippen LogP contribution is 2.15. The van der Waals surface area contributed by atoms with Gasteiger partial charge in [-0.1, -0.05) is 5.92 Å². The van der Waals surface area contributed by atoms with Crippen molar-refractivity contribution in [2.75, 3.05) is 19.7 Å². The third-order valence-electron chi connectivity index (χ3n) is 2.04. The first-order valence-electron chi connectivity index (χ1n) is 4.05. The smallest absolute Gasteiger partial charge is 0.311 e. The molecule has 0 aromatic carbocycles. The van der Waals surface area contributed by atoms with E-state index in [-0.39, 0.29) is 24.4 Å². The topological polar surface area (TPSA) is 55.4 Å². The molecule has 1 fully saturated rings. The Morgan fingerprint density at radius 2 is 2.46 bits per heavy atom. The van der Waals surface area contributed by atoms with E-state index in [9.17, 15) is 9.59 Å². The molecule has 0 saturated carbocycles. The highest BCUT2D eigenvalue weighted by atomic mass is 16.5. The summed E-state index contributed by atoms with van der Waals surface area (Å²) in [4.78, 5) is 21.8. The molecule has 70 valence electrons. The van der Waals surface area contributed by atoms with Crippen molar-refractivity contribution < 1.29 is 14.3 Å². The molecule has 0 aromatic rings. The number of ether oxygens (including phenoxy) is 1. The number of hydrogen-bond donors (Lipinski definition) is 1. The number of aldehydes is 1. The first kappa shape index (κ1) is 9.75. The lowest BCUT2D eigenvalue weighted by Crippen LogP contribution is -2.25. The summed E-state index contributed by atoms with van der Waals surface area (Å²) in [7, 11) is 0. The van der Waals surface area contributed by atoms with Crippen LogP contribution in [0.25, 0.3) is 0 Å². The number of rotatable bonds is 3. The highest BCUT2D eigenvalue weighted by Gasteiger charge is 2.33. The van der Waals surface area contributed by atoms with E-state index in [4.69, 9.17) is 11.2 Å². The number of terminal acetylenes is 1. The number of carbonyl (C=O) groups is 2. The van der Waals surface area contributed by atoms with Gasteiger partial charge in [0, 0.05) is 19.0 Å². The van der Waals surface area contributed by atoms with Crippen molar-refractivity contribution in [3.8, 4) is 12.3 Å². The van der Waals surface area contributed by atoms with Gasteiger partial charge in [-0.2, -0.15) is 0 Å². The van der Waals surface area contributed by atoms with Crippen LogP contribution in [0.4, 0.5) is 0 Å². The van der Waals surface area contributed by atoms with Gasteiger partial charge in [0.05, 0.1) is 5.92 Å². The Labute approximate surface area is 76.6 Å². The Morgan fingerprint density at radius 1 is 1.69 bits per heavy atom. The molecular weight excluding hydrogens is 170 g/mol. The van der Waals surface area contributed by atoms with E-state index in [1.165, 1.54) is 0 Å². The van der Waals surface area contributed by atoms with Gasteiger partial charge in [0.15, 0.2) is 6.61 Å². The molecule has 4 nitrogen and oxygen atoms in total. The monoisotopic (exact) mass is 181 g/mol. The van der Waals surface area contributed by atoms with Crippen LogP contribution >= 0.6 is 0 Å². The number of hydrogen-bond acceptors (Lipinski definition) is 4. The fourth-order valence-corrected chi connectivity index (χ4v) is 1.32. The lowest BCUT2D eigenvalue weighted by molar-refractivity contribution is -0.148. The zero-order valence-electron chi connectivity index (χ0n) is 7.16. The molecule has 0 aliphatic carbocycles. The third-order valence-corrected chi connectivity index (χ3v) is 2.04. The molecular formula is C9H11NO3. The Bertz CT molecular complexity index is 244. The molecule has 1 N–H and O–H groups in total. The molecule has 1 aliphatic heterocycles. The number of esters is 1. The van der Waals surface area contributed by atoms with E-state index in [0.717, 1.165) is 6.29 Å². The normalized spacial score (nSPS) is 26.4. The summed E-state index contributed by atoms with van der Waals surface area (Å²) in [6, 6.07) is 0. The SMILES string of the molecule is C#CCOC(=O)C1CNCC1C=O. The lowest BCUT2D eigenvalue weighted by atomic mass is 9.98. The van der Waals surface area contributed by atoms with Crippen molar-refractivity contribution in [2.45, 2.75) is 0 Å². The average Bonchev–Trinajstić information content (AvgIpc) is 2.61. The second kappa shape index (κ2) is 4.63. The second-order valence-electron chi connectivity index (χ2n) is 2.88. The van der Waals surface area contributed by atoms with E-state index in [0.29, 0.717) is 13.1 Å². The van der Waals surface area contributed by atoms with E-state index in [1.807, 2.05) is 0 Å².